The molecule has 11 nitrogen and oxygen atoms in total. The van der Waals surface area contributed by atoms with E-state index < -0.39 is 23.9 Å². The topological polar surface area (TPSA) is 126 Å². The minimum absolute atomic E-state index is 0.0882. The number of hydrogen-bond acceptors (Lipinski definition) is 8. The van der Waals surface area contributed by atoms with Crippen molar-refractivity contribution in [2.45, 2.75) is 45.7 Å². The average molecular weight is 643 g/mol. The molecular weight excluding hydrogens is 608 g/mol. The molecule has 2 saturated heterocycles. The van der Waals surface area contributed by atoms with E-state index in [1.165, 1.54) is 4.90 Å². The van der Waals surface area contributed by atoms with Crippen LogP contribution in [0.25, 0.3) is 0 Å². The Labute approximate surface area is 272 Å². The van der Waals surface area contributed by atoms with E-state index in [0.717, 1.165) is 17.7 Å². The molecule has 0 aliphatic carbocycles. The highest BCUT2D eigenvalue weighted by atomic mass is 32.1. The second kappa shape index (κ2) is 14.3. The van der Waals surface area contributed by atoms with Crippen LogP contribution in [0.2, 0.25) is 0 Å². The molecule has 2 heterocycles. The largest absolute Gasteiger partial charge is 0.462 e. The van der Waals surface area contributed by atoms with Crippen molar-refractivity contribution in [3.63, 3.8) is 0 Å². The summed E-state index contributed by atoms with van der Waals surface area (Å²) in [6.07, 6.45) is 1.15. The molecule has 3 amide bonds. The number of esters is 2. The summed E-state index contributed by atoms with van der Waals surface area (Å²) >= 11 is 5.81. The molecule has 0 radical (unpaired) electrons. The third-order valence-electron chi connectivity index (χ3n) is 7.69. The first kappa shape index (κ1) is 32.3. The van der Waals surface area contributed by atoms with E-state index in [1.54, 1.807) is 72.2 Å². The van der Waals surface area contributed by atoms with E-state index in [1.807, 2.05) is 24.3 Å². The zero-order valence-corrected chi connectivity index (χ0v) is 26.4. The van der Waals surface area contributed by atoms with Crippen molar-refractivity contribution >= 4 is 64.1 Å². The molecule has 3 aromatic rings. The molecular formula is C34H34N4O7S. The summed E-state index contributed by atoms with van der Waals surface area (Å²) in [4.78, 5) is 68.3. The van der Waals surface area contributed by atoms with Crippen molar-refractivity contribution in [3.05, 3.63) is 89.5 Å². The van der Waals surface area contributed by atoms with Gasteiger partial charge in [0.15, 0.2) is 5.11 Å². The minimum Gasteiger partial charge on any atom is -0.462 e. The third-order valence-corrected chi connectivity index (χ3v) is 8.11. The quantitative estimate of drug-likeness (QED) is 0.234. The Morgan fingerprint density at radius 3 is 1.93 bits per heavy atom. The summed E-state index contributed by atoms with van der Waals surface area (Å²) < 4.78 is 10.1. The van der Waals surface area contributed by atoms with E-state index in [-0.39, 0.29) is 43.1 Å². The maximum absolute atomic E-state index is 13.9. The SMILES string of the molecule is CCOC(=O)c1ccc(NC(=O)C[C@@H]2C(=O)N(c3ccc(C(=O)OCC)cc3)C(=S)N2Cc2ccc(N3CCCC3=O)cc2)cc1. The third kappa shape index (κ3) is 7.07. The van der Waals surface area contributed by atoms with E-state index in [9.17, 15) is 24.0 Å². The van der Waals surface area contributed by atoms with Crippen LogP contribution in [-0.4, -0.2) is 65.5 Å². The van der Waals surface area contributed by atoms with E-state index >= 15 is 0 Å². The summed E-state index contributed by atoms with van der Waals surface area (Å²) in [5.41, 5.74) is 3.24. The fraction of sp³-hybridized carbons (Fsp3) is 0.294. The molecule has 0 bridgehead atoms. The molecule has 0 aromatic heterocycles. The standard InChI is InChI=1S/C34H34N4O7S/c1-3-44-32(42)23-9-13-25(14-10-23)35-29(39)20-28-31(41)38(27-17-11-24(12-18-27)33(43)45-4-2)34(46)37(28)21-22-7-15-26(16-8-22)36-19-5-6-30(36)40/h7-18,28H,3-6,19-21H2,1-2H3,(H,35,39)/t28-/m1/s1. The highest BCUT2D eigenvalue weighted by Crippen LogP contribution is 2.30. The number of hydrogen-bond donors (Lipinski definition) is 1. The van der Waals surface area contributed by atoms with E-state index in [4.69, 9.17) is 21.7 Å². The monoisotopic (exact) mass is 642 g/mol. The Balaban J connectivity index is 1.36. The lowest BCUT2D eigenvalue weighted by atomic mass is 10.1. The van der Waals surface area contributed by atoms with Crippen LogP contribution >= 0.6 is 12.2 Å². The van der Waals surface area contributed by atoms with E-state index in [2.05, 4.69) is 5.32 Å². The number of thiocarbonyl (C=S) groups is 1. The number of benzene rings is 3. The molecule has 2 aliphatic heterocycles. The Morgan fingerprint density at radius 1 is 0.826 bits per heavy atom. The minimum atomic E-state index is -0.920. The Bertz CT molecular complexity index is 1640. The second-order valence-electron chi connectivity index (χ2n) is 10.7. The van der Waals surface area contributed by atoms with Gasteiger partial charge in [0.05, 0.1) is 36.4 Å². The predicted octanol–water partition coefficient (Wildman–Crippen LogP) is 4.70. The van der Waals surface area contributed by atoms with Gasteiger partial charge in [-0.25, -0.2) is 9.59 Å². The fourth-order valence-corrected chi connectivity index (χ4v) is 5.79. The number of carbonyl (C=O) groups is 5. The van der Waals surface area contributed by atoms with Gasteiger partial charge in [-0.05, 0) is 98.7 Å². The van der Waals surface area contributed by atoms with Crippen molar-refractivity contribution in [2.75, 3.05) is 34.9 Å². The van der Waals surface area contributed by atoms with Crippen LogP contribution in [0.5, 0.6) is 0 Å². The van der Waals surface area contributed by atoms with Crippen LogP contribution in [0, 0.1) is 0 Å². The number of ether oxygens (including phenoxy) is 2. The first-order valence-corrected chi connectivity index (χ1v) is 15.5. The number of nitrogens with zero attached hydrogens (tertiary/aromatic N) is 3. The molecule has 46 heavy (non-hydrogen) atoms. The van der Waals surface area contributed by atoms with Crippen LogP contribution in [0.15, 0.2) is 72.8 Å². The summed E-state index contributed by atoms with van der Waals surface area (Å²) in [6.45, 7) is 4.84. The maximum atomic E-state index is 13.9. The first-order valence-electron chi connectivity index (χ1n) is 15.1. The second-order valence-corrected chi connectivity index (χ2v) is 11.1. The summed E-state index contributed by atoms with van der Waals surface area (Å²) in [5.74, 6) is -1.66. The van der Waals surface area contributed by atoms with Gasteiger partial charge >= 0.3 is 11.9 Å². The lowest BCUT2D eigenvalue weighted by Gasteiger charge is -2.24. The molecule has 2 aliphatic rings. The molecule has 1 N–H and O–H groups in total. The molecule has 0 unspecified atom stereocenters. The highest BCUT2D eigenvalue weighted by molar-refractivity contribution is 7.80. The number of nitrogens with one attached hydrogen (secondary N) is 1. The number of carbonyl (C=O) groups excluding carboxylic acids is 5. The van der Waals surface area contributed by atoms with Crippen molar-refractivity contribution in [1.82, 2.24) is 4.90 Å². The van der Waals surface area contributed by atoms with Gasteiger partial charge in [0.25, 0.3) is 5.91 Å². The fourth-order valence-electron chi connectivity index (χ4n) is 5.40. The summed E-state index contributed by atoms with van der Waals surface area (Å²) in [6, 6.07) is 19.2. The lowest BCUT2D eigenvalue weighted by Crippen LogP contribution is -2.37. The zero-order chi connectivity index (χ0) is 32.8. The molecule has 5 rings (SSSR count). The smallest absolute Gasteiger partial charge is 0.338 e. The van der Waals surface area contributed by atoms with Crippen molar-refractivity contribution < 1.29 is 33.4 Å². The van der Waals surface area contributed by atoms with Crippen LogP contribution < -0.4 is 15.1 Å². The summed E-state index contributed by atoms with van der Waals surface area (Å²) in [7, 11) is 0. The number of rotatable bonds is 11. The molecule has 12 heteroatoms. The van der Waals surface area contributed by atoms with Crippen LogP contribution in [0.4, 0.5) is 17.1 Å². The van der Waals surface area contributed by atoms with Crippen LogP contribution in [0.3, 0.4) is 0 Å². The van der Waals surface area contributed by atoms with Gasteiger partial charge in [-0.15, -0.1) is 0 Å². The molecule has 238 valence electrons. The molecule has 2 fully saturated rings. The van der Waals surface area contributed by atoms with Crippen LogP contribution in [0.1, 0.15) is 59.4 Å². The van der Waals surface area contributed by atoms with E-state index in [0.29, 0.717) is 35.5 Å². The summed E-state index contributed by atoms with van der Waals surface area (Å²) in [5, 5.41) is 3.01. The molecule has 0 spiro atoms. The van der Waals surface area contributed by atoms with Gasteiger partial charge in [0, 0.05) is 30.9 Å². The zero-order valence-electron chi connectivity index (χ0n) is 25.6. The van der Waals surface area contributed by atoms with Gasteiger partial charge in [0.2, 0.25) is 11.8 Å². The molecule has 1 atom stereocenters. The van der Waals surface area contributed by atoms with Crippen molar-refractivity contribution in [3.8, 4) is 0 Å². The number of amides is 3. The number of anilines is 3. The van der Waals surface area contributed by atoms with Crippen LogP contribution in [-0.2, 0) is 30.4 Å². The Hall–Kier alpha value is -5.10. The van der Waals surface area contributed by atoms with Gasteiger partial charge < -0.3 is 24.6 Å². The van der Waals surface area contributed by atoms with Gasteiger partial charge in [-0.1, -0.05) is 12.1 Å². The van der Waals surface area contributed by atoms with Gasteiger partial charge in [0.1, 0.15) is 6.04 Å². The normalized spacial score (nSPS) is 16.2. The highest BCUT2D eigenvalue weighted by Gasteiger charge is 2.44. The van der Waals surface area contributed by atoms with Gasteiger partial charge in [-0.2, -0.15) is 0 Å². The Kier molecular flexibility index (Phi) is 10.1. The van der Waals surface area contributed by atoms with Crippen molar-refractivity contribution in [1.29, 1.82) is 0 Å². The van der Waals surface area contributed by atoms with Gasteiger partial charge in [-0.3, -0.25) is 19.3 Å². The van der Waals surface area contributed by atoms with Crippen molar-refractivity contribution in [2.24, 2.45) is 0 Å². The molecule has 3 aromatic carbocycles. The lowest BCUT2D eigenvalue weighted by molar-refractivity contribution is -0.124. The first-order chi connectivity index (χ1) is 22.2. The molecule has 0 saturated carbocycles. The maximum Gasteiger partial charge on any atom is 0.338 e. The Morgan fingerprint density at radius 2 is 1.39 bits per heavy atom. The predicted molar refractivity (Wildman–Crippen MR) is 175 cm³/mol. The average Bonchev–Trinajstić information content (AvgIpc) is 3.58.